The van der Waals surface area contributed by atoms with Gasteiger partial charge in [-0.25, -0.2) is 0 Å². The first-order valence-electron chi connectivity index (χ1n) is 8.22. The minimum absolute atomic E-state index is 0.108. The van der Waals surface area contributed by atoms with Crippen LogP contribution in [0.2, 0.25) is 0 Å². The first kappa shape index (κ1) is 16.8. The third-order valence-electron chi connectivity index (χ3n) is 4.30. The van der Waals surface area contributed by atoms with Crippen molar-refractivity contribution in [2.75, 3.05) is 6.54 Å². The molecule has 0 spiro atoms. The Labute approximate surface area is 146 Å². The molecule has 25 heavy (non-hydrogen) atoms. The van der Waals surface area contributed by atoms with Crippen LogP contribution in [-0.4, -0.2) is 27.8 Å². The Balaban J connectivity index is 1.91. The Morgan fingerprint density at radius 3 is 2.40 bits per heavy atom. The summed E-state index contributed by atoms with van der Waals surface area (Å²) in [6.45, 7) is 0.735. The molecule has 0 aliphatic heterocycles. The Hall–Kier alpha value is -3.08. The predicted molar refractivity (Wildman–Crippen MR) is 97.9 cm³/mol. The Kier molecular flexibility index (Phi) is 4.84. The van der Waals surface area contributed by atoms with E-state index in [4.69, 9.17) is 5.73 Å². The van der Waals surface area contributed by atoms with E-state index < -0.39 is 5.91 Å². The van der Waals surface area contributed by atoms with Gasteiger partial charge in [0.25, 0.3) is 5.91 Å². The van der Waals surface area contributed by atoms with Gasteiger partial charge in [-0.05, 0) is 17.7 Å². The van der Waals surface area contributed by atoms with E-state index in [2.05, 4.69) is 0 Å². The van der Waals surface area contributed by atoms with Crippen LogP contribution in [-0.2, 0) is 18.4 Å². The average Bonchev–Trinajstić information content (AvgIpc) is 2.96. The summed E-state index contributed by atoms with van der Waals surface area (Å²) in [5.41, 5.74) is 7.89. The van der Waals surface area contributed by atoms with E-state index in [-0.39, 0.29) is 12.3 Å². The van der Waals surface area contributed by atoms with Crippen LogP contribution < -0.4 is 5.73 Å². The minimum Gasteiger partial charge on any atom is -0.370 e. The molecule has 0 atom stereocenters. The molecule has 0 radical (unpaired) electrons. The average molecular weight is 335 g/mol. The molecular weight excluding hydrogens is 314 g/mol. The number of fused-ring (bicyclic) bond motifs is 1. The molecule has 0 saturated carbocycles. The summed E-state index contributed by atoms with van der Waals surface area (Å²) < 4.78 is 1.89. The van der Waals surface area contributed by atoms with Crippen molar-refractivity contribution in [2.24, 2.45) is 12.8 Å². The van der Waals surface area contributed by atoms with Crippen LogP contribution in [0.15, 0.2) is 60.7 Å². The number of nitrogens with zero attached hydrogens (tertiary/aromatic N) is 2. The molecule has 1 heterocycles. The highest BCUT2D eigenvalue weighted by atomic mass is 16.2. The van der Waals surface area contributed by atoms with Gasteiger partial charge in [0.15, 0.2) is 0 Å². The normalized spacial score (nSPS) is 10.8. The van der Waals surface area contributed by atoms with Crippen molar-refractivity contribution < 1.29 is 9.59 Å². The molecule has 128 valence electrons. The third kappa shape index (κ3) is 3.71. The highest BCUT2D eigenvalue weighted by Crippen LogP contribution is 2.20. The van der Waals surface area contributed by atoms with E-state index in [0.29, 0.717) is 18.8 Å². The van der Waals surface area contributed by atoms with Gasteiger partial charge in [0.2, 0.25) is 5.91 Å². The third-order valence-corrected chi connectivity index (χ3v) is 4.30. The van der Waals surface area contributed by atoms with Gasteiger partial charge in [-0.3, -0.25) is 9.59 Å². The molecule has 0 unspecified atom stereocenters. The van der Waals surface area contributed by atoms with Crippen LogP contribution in [0.25, 0.3) is 10.9 Å². The lowest BCUT2D eigenvalue weighted by Gasteiger charge is -2.22. The first-order valence-corrected chi connectivity index (χ1v) is 8.22. The summed E-state index contributed by atoms with van der Waals surface area (Å²) in [5, 5.41) is 1.02. The van der Waals surface area contributed by atoms with E-state index in [1.807, 2.05) is 72.3 Å². The molecule has 2 N–H and O–H groups in total. The summed E-state index contributed by atoms with van der Waals surface area (Å²) in [4.78, 5) is 26.0. The van der Waals surface area contributed by atoms with E-state index >= 15 is 0 Å². The second-order valence-corrected chi connectivity index (χ2v) is 6.08. The smallest absolute Gasteiger partial charge is 0.270 e. The van der Waals surface area contributed by atoms with Crippen molar-refractivity contribution in [1.82, 2.24) is 9.47 Å². The van der Waals surface area contributed by atoms with Gasteiger partial charge in [-0.1, -0.05) is 48.5 Å². The molecule has 0 aliphatic carbocycles. The van der Waals surface area contributed by atoms with Gasteiger partial charge in [-0.15, -0.1) is 0 Å². The molecule has 3 aromatic rings. The summed E-state index contributed by atoms with van der Waals surface area (Å²) in [7, 11) is 1.88. The van der Waals surface area contributed by atoms with Crippen LogP contribution >= 0.6 is 0 Å². The van der Waals surface area contributed by atoms with Crippen LogP contribution in [0.3, 0.4) is 0 Å². The zero-order valence-electron chi connectivity index (χ0n) is 14.2. The predicted octanol–water partition coefficient (Wildman–Crippen LogP) is 2.70. The number of para-hydroxylation sites is 1. The van der Waals surface area contributed by atoms with Crippen molar-refractivity contribution in [3.05, 3.63) is 71.9 Å². The molecule has 0 fully saturated rings. The Morgan fingerprint density at radius 1 is 1.04 bits per heavy atom. The number of primary amides is 1. The van der Waals surface area contributed by atoms with Gasteiger partial charge in [0.05, 0.1) is 0 Å². The Bertz CT molecular complexity index is 900. The number of benzene rings is 2. The van der Waals surface area contributed by atoms with Gasteiger partial charge in [-0.2, -0.15) is 0 Å². The summed E-state index contributed by atoms with van der Waals surface area (Å²) in [6.07, 6.45) is 0.141. The van der Waals surface area contributed by atoms with E-state index in [9.17, 15) is 9.59 Å². The molecule has 0 aliphatic rings. The monoisotopic (exact) mass is 335 g/mol. The molecule has 1 aromatic heterocycles. The first-order chi connectivity index (χ1) is 12.1. The lowest BCUT2D eigenvalue weighted by molar-refractivity contribution is -0.118. The van der Waals surface area contributed by atoms with Crippen molar-refractivity contribution in [3.63, 3.8) is 0 Å². The number of nitrogens with two attached hydrogens (primary N) is 1. The second kappa shape index (κ2) is 7.21. The van der Waals surface area contributed by atoms with Gasteiger partial charge >= 0.3 is 0 Å². The van der Waals surface area contributed by atoms with Gasteiger partial charge in [0, 0.05) is 37.5 Å². The lowest BCUT2D eigenvalue weighted by Crippen LogP contribution is -2.34. The van der Waals surface area contributed by atoms with E-state index in [1.54, 1.807) is 4.90 Å². The topological polar surface area (TPSA) is 68.3 Å². The quantitative estimate of drug-likeness (QED) is 0.752. The number of carbonyl (C=O) groups is 2. The van der Waals surface area contributed by atoms with Gasteiger partial charge < -0.3 is 15.2 Å². The van der Waals surface area contributed by atoms with Crippen LogP contribution in [0.1, 0.15) is 22.5 Å². The highest BCUT2D eigenvalue weighted by Gasteiger charge is 2.20. The maximum absolute atomic E-state index is 13.1. The minimum atomic E-state index is -0.414. The molecule has 0 saturated heterocycles. The fourth-order valence-corrected chi connectivity index (χ4v) is 2.96. The second-order valence-electron chi connectivity index (χ2n) is 6.08. The van der Waals surface area contributed by atoms with Crippen molar-refractivity contribution >= 4 is 22.7 Å². The van der Waals surface area contributed by atoms with Crippen LogP contribution in [0.5, 0.6) is 0 Å². The van der Waals surface area contributed by atoms with Crippen molar-refractivity contribution in [2.45, 2.75) is 13.0 Å². The maximum Gasteiger partial charge on any atom is 0.270 e. The molecule has 2 amide bonds. The number of rotatable bonds is 6. The summed E-state index contributed by atoms with van der Waals surface area (Å²) in [6, 6.07) is 19.5. The number of hydrogen-bond donors (Lipinski definition) is 1. The number of aryl methyl sites for hydroxylation is 1. The zero-order chi connectivity index (χ0) is 17.8. The highest BCUT2D eigenvalue weighted by molar-refractivity contribution is 5.98. The van der Waals surface area contributed by atoms with Crippen molar-refractivity contribution in [1.29, 1.82) is 0 Å². The van der Waals surface area contributed by atoms with Crippen molar-refractivity contribution in [3.8, 4) is 0 Å². The molecular formula is C20H21N3O2. The summed E-state index contributed by atoms with van der Waals surface area (Å²) >= 11 is 0. The summed E-state index contributed by atoms with van der Waals surface area (Å²) in [5.74, 6) is -0.522. The number of hydrogen-bond acceptors (Lipinski definition) is 2. The fourth-order valence-electron chi connectivity index (χ4n) is 2.96. The molecule has 3 rings (SSSR count). The molecule has 0 bridgehead atoms. The fraction of sp³-hybridized carbons (Fsp3) is 0.200. The Morgan fingerprint density at radius 2 is 1.72 bits per heavy atom. The maximum atomic E-state index is 13.1. The van der Waals surface area contributed by atoms with E-state index in [0.717, 1.165) is 16.5 Å². The van der Waals surface area contributed by atoms with Crippen LogP contribution in [0.4, 0.5) is 0 Å². The zero-order valence-corrected chi connectivity index (χ0v) is 14.2. The van der Waals surface area contributed by atoms with Crippen LogP contribution in [0, 0.1) is 0 Å². The molecule has 5 heteroatoms. The van der Waals surface area contributed by atoms with Gasteiger partial charge in [0.1, 0.15) is 5.69 Å². The molecule has 2 aromatic carbocycles. The number of aromatic nitrogens is 1. The number of carbonyl (C=O) groups excluding carboxylic acids is 2. The largest absolute Gasteiger partial charge is 0.370 e. The van der Waals surface area contributed by atoms with E-state index in [1.165, 1.54) is 0 Å². The lowest BCUT2D eigenvalue weighted by atomic mass is 10.2. The molecule has 5 nitrogen and oxygen atoms in total. The SMILES string of the molecule is Cn1c(C(=O)N(CCC(N)=O)Cc2ccccc2)cc2ccccc21. The number of amides is 2. The standard InChI is InChI=1S/C20H21N3O2/c1-22-17-10-6-5-9-16(17)13-18(22)20(25)23(12-11-19(21)24)14-15-7-3-2-4-8-15/h2-10,13H,11-12,14H2,1H3,(H2,21,24).